The van der Waals surface area contributed by atoms with E-state index in [1.54, 1.807) is 42.5 Å². The van der Waals surface area contributed by atoms with Crippen LogP contribution in [0.5, 0.6) is 0 Å². The molecule has 0 spiro atoms. The number of oxime groups is 1. The lowest BCUT2D eigenvalue weighted by Gasteiger charge is -2.18. The van der Waals surface area contributed by atoms with Crippen LogP contribution >= 0.6 is 0 Å². The molecule has 0 aromatic heterocycles. The zero-order valence-corrected chi connectivity index (χ0v) is 19.0. The minimum absolute atomic E-state index is 0.00742. The minimum atomic E-state index is -0.423. The van der Waals surface area contributed by atoms with Gasteiger partial charge in [0.25, 0.3) is 5.69 Å². The number of nitro benzene ring substituents is 1. The molecule has 7 heteroatoms. The molecule has 0 amide bonds. The van der Waals surface area contributed by atoms with Crippen molar-refractivity contribution in [1.82, 2.24) is 0 Å². The Morgan fingerprint density at radius 1 is 1.03 bits per heavy atom. The van der Waals surface area contributed by atoms with E-state index < -0.39 is 4.92 Å². The van der Waals surface area contributed by atoms with Crippen LogP contribution in [0.2, 0.25) is 0 Å². The molecule has 0 aliphatic heterocycles. The lowest BCUT2D eigenvalue weighted by Crippen LogP contribution is -2.21. The molecule has 0 atom stereocenters. The fourth-order valence-corrected chi connectivity index (χ4v) is 4.10. The second kappa shape index (κ2) is 12.0. The highest BCUT2D eigenvalue weighted by Crippen LogP contribution is 2.30. The van der Waals surface area contributed by atoms with Gasteiger partial charge in [0.2, 0.25) is 5.78 Å². The molecule has 0 radical (unpaired) electrons. The predicted molar refractivity (Wildman–Crippen MR) is 127 cm³/mol. The zero-order valence-electron chi connectivity index (χ0n) is 19.0. The molecule has 0 unspecified atom stereocenters. The number of benzene rings is 2. The summed E-state index contributed by atoms with van der Waals surface area (Å²) in [6, 6.07) is 13.1. The van der Waals surface area contributed by atoms with Gasteiger partial charge in [0.1, 0.15) is 5.71 Å². The maximum Gasteiger partial charge on any atom is 0.338 e. The molecule has 0 heterocycles. The first kappa shape index (κ1) is 24.3. The van der Waals surface area contributed by atoms with Crippen LogP contribution in [-0.2, 0) is 9.63 Å². The Hall–Kier alpha value is -3.35. The molecule has 3 rings (SSSR count). The van der Waals surface area contributed by atoms with Crippen molar-refractivity contribution in [3.05, 3.63) is 64.2 Å². The fraction of sp³-hybridized carbons (Fsp3) is 0.423. The fourth-order valence-electron chi connectivity index (χ4n) is 4.10. The quantitative estimate of drug-likeness (QED) is 0.103. The summed E-state index contributed by atoms with van der Waals surface area (Å²) >= 11 is 0. The predicted octanol–water partition coefficient (Wildman–Crippen LogP) is 6.50. The topological polar surface area (TPSA) is 98.9 Å². The molecule has 1 aliphatic rings. The van der Waals surface area contributed by atoms with Gasteiger partial charge in [0, 0.05) is 11.6 Å². The molecule has 2 aromatic carbocycles. The maximum absolute atomic E-state index is 13.1. The van der Waals surface area contributed by atoms with Crippen molar-refractivity contribution in [2.75, 3.05) is 0 Å². The van der Waals surface area contributed by atoms with E-state index in [0.29, 0.717) is 23.1 Å². The Kier molecular flexibility index (Phi) is 8.87. The van der Waals surface area contributed by atoms with Gasteiger partial charge in [-0.25, -0.2) is 4.79 Å². The second-order valence-corrected chi connectivity index (χ2v) is 8.42. The smallest absolute Gasteiger partial charge is 0.318 e. The molecule has 2 aromatic rings. The summed E-state index contributed by atoms with van der Waals surface area (Å²) in [5.74, 6) is -0.797. The van der Waals surface area contributed by atoms with Crippen molar-refractivity contribution in [2.45, 2.75) is 64.7 Å². The Balaban J connectivity index is 1.77. The normalized spacial score (nSPS) is 14.6. The van der Waals surface area contributed by atoms with Crippen LogP contribution in [0.1, 0.15) is 75.1 Å². The van der Waals surface area contributed by atoms with Crippen LogP contribution in [0, 0.1) is 16.0 Å². The number of carbonyl (C=O) groups excluding carboxylic acids is 2. The lowest BCUT2D eigenvalue weighted by atomic mass is 9.89. The van der Waals surface area contributed by atoms with E-state index in [1.807, 2.05) is 0 Å². The number of Topliss-reactive ketones (excluding diaryl/α,β-unsaturated/α-hetero) is 1. The van der Waals surface area contributed by atoms with Crippen molar-refractivity contribution in [1.29, 1.82) is 0 Å². The number of rotatable bonds is 10. The van der Waals surface area contributed by atoms with Crippen LogP contribution in [0.25, 0.3) is 11.1 Å². The summed E-state index contributed by atoms with van der Waals surface area (Å²) in [6.07, 6.45) is 7.91. The van der Waals surface area contributed by atoms with Gasteiger partial charge in [-0.15, -0.1) is 0 Å². The molecular formula is C26H30N2O5. The number of ketones is 1. The number of nitrogens with zero attached hydrogens (tertiary/aromatic N) is 2. The number of para-hydroxylation sites is 1. The van der Waals surface area contributed by atoms with Crippen LogP contribution in [0.3, 0.4) is 0 Å². The van der Waals surface area contributed by atoms with Crippen molar-refractivity contribution in [3.8, 4) is 11.1 Å². The van der Waals surface area contributed by atoms with E-state index in [2.05, 4.69) is 12.1 Å². The van der Waals surface area contributed by atoms with Crippen molar-refractivity contribution >= 4 is 23.2 Å². The van der Waals surface area contributed by atoms with E-state index in [0.717, 1.165) is 51.4 Å². The Morgan fingerprint density at radius 3 is 2.39 bits per heavy atom. The molecule has 174 valence electrons. The number of hydrogen-bond donors (Lipinski definition) is 0. The highest BCUT2D eigenvalue weighted by Gasteiger charge is 2.24. The third kappa shape index (κ3) is 6.57. The molecule has 1 saturated carbocycles. The standard InChI is InChI=1S/C26H30N2O5/c1-2-3-5-13-23(27-33-26(30)21-10-6-4-7-11-21)25(29)20-17-15-19(16-18-20)22-12-8-9-14-24(22)28(31)32/h8-9,12,14-18,21H,2-7,10-11,13H2,1H3/b27-23-. The van der Waals surface area contributed by atoms with Crippen LogP contribution in [0.15, 0.2) is 53.7 Å². The molecule has 33 heavy (non-hydrogen) atoms. The summed E-state index contributed by atoms with van der Waals surface area (Å²) in [5.41, 5.74) is 1.77. The van der Waals surface area contributed by atoms with Gasteiger partial charge in [0.05, 0.1) is 16.4 Å². The number of unbranched alkanes of at least 4 members (excludes halogenated alkanes) is 2. The van der Waals surface area contributed by atoms with Gasteiger partial charge in [-0.3, -0.25) is 14.9 Å². The van der Waals surface area contributed by atoms with E-state index in [4.69, 9.17) is 4.84 Å². The lowest BCUT2D eigenvalue weighted by molar-refractivity contribution is -0.384. The zero-order chi connectivity index (χ0) is 23.6. The van der Waals surface area contributed by atoms with E-state index >= 15 is 0 Å². The third-order valence-electron chi connectivity index (χ3n) is 6.02. The molecule has 7 nitrogen and oxygen atoms in total. The summed E-state index contributed by atoms with van der Waals surface area (Å²) < 4.78 is 0. The minimum Gasteiger partial charge on any atom is -0.318 e. The van der Waals surface area contributed by atoms with Crippen molar-refractivity contribution < 1.29 is 19.3 Å². The van der Waals surface area contributed by atoms with Crippen LogP contribution in [-0.4, -0.2) is 22.4 Å². The monoisotopic (exact) mass is 450 g/mol. The third-order valence-corrected chi connectivity index (χ3v) is 6.02. The molecule has 0 bridgehead atoms. The first-order chi connectivity index (χ1) is 16.0. The van der Waals surface area contributed by atoms with Crippen molar-refractivity contribution in [2.24, 2.45) is 11.1 Å². The number of nitro groups is 1. The Labute approximate surface area is 194 Å². The highest BCUT2D eigenvalue weighted by molar-refractivity contribution is 6.45. The highest BCUT2D eigenvalue weighted by atomic mass is 16.7. The summed E-state index contributed by atoms with van der Waals surface area (Å²) in [5, 5.41) is 15.3. The SMILES string of the molecule is CCCCC/C(=N/OC(=O)C1CCCCC1)C(=O)c1ccc(-c2ccccc2[N+](=O)[O-])cc1. The molecular weight excluding hydrogens is 420 g/mol. The van der Waals surface area contributed by atoms with Crippen LogP contribution in [0.4, 0.5) is 5.69 Å². The van der Waals surface area contributed by atoms with E-state index in [9.17, 15) is 19.7 Å². The number of hydrogen-bond acceptors (Lipinski definition) is 6. The first-order valence-electron chi connectivity index (χ1n) is 11.7. The summed E-state index contributed by atoms with van der Waals surface area (Å²) in [4.78, 5) is 41.6. The van der Waals surface area contributed by atoms with Gasteiger partial charge in [-0.1, -0.05) is 80.6 Å². The maximum atomic E-state index is 13.1. The first-order valence-corrected chi connectivity index (χ1v) is 11.7. The van der Waals surface area contributed by atoms with E-state index in [1.165, 1.54) is 6.07 Å². The van der Waals surface area contributed by atoms with Gasteiger partial charge in [0.15, 0.2) is 0 Å². The van der Waals surface area contributed by atoms with E-state index in [-0.39, 0.29) is 29.1 Å². The average Bonchev–Trinajstić information content (AvgIpc) is 2.86. The molecule has 0 N–H and O–H groups in total. The molecule has 1 aliphatic carbocycles. The largest absolute Gasteiger partial charge is 0.338 e. The summed E-state index contributed by atoms with van der Waals surface area (Å²) in [6.45, 7) is 2.07. The van der Waals surface area contributed by atoms with Crippen molar-refractivity contribution in [3.63, 3.8) is 0 Å². The van der Waals surface area contributed by atoms with Gasteiger partial charge >= 0.3 is 5.97 Å². The van der Waals surface area contributed by atoms with Crippen LogP contribution < -0.4 is 0 Å². The average molecular weight is 451 g/mol. The summed E-state index contributed by atoms with van der Waals surface area (Å²) in [7, 11) is 0. The molecule has 0 saturated heterocycles. The Bertz CT molecular complexity index is 1010. The van der Waals surface area contributed by atoms with Gasteiger partial charge < -0.3 is 4.84 Å². The van der Waals surface area contributed by atoms with Gasteiger partial charge in [-0.05, 0) is 37.3 Å². The van der Waals surface area contributed by atoms with Gasteiger partial charge in [-0.2, -0.15) is 0 Å². The second-order valence-electron chi connectivity index (χ2n) is 8.42. The number of carbonyl (C=O) groups is 2. The Morgan fingerprint density at radius 2 is 1.73 bits per heavy atom. The molecule has 1 fully saturated rings.